The van der Waals surface area contributed by atoms with Crippen LogP contribution in [0.5, 0.6) is 0 Å². The molecule has 0 radical (unpaired) electrons. The fourth-order valence-electron chi connectivity index (χ4n) is 3.35. The minimum atomic E-state index is -3.44. The molecule has 1 amide bonds. The molecule has 1 unspecified atom stereocenters. The molecule has 8 heteroatoms. The molecule has 1 fully saturated rings. The largest absolute Gasteiger partial charge is 0.316 e. The minimum Gasteiger partial charge on any atom is -0.316 e. The number of sulfonamides is 1. The van der Waals surface area contributed by atoms with Gasteiger partial charge in [-0.25, -0.2) is 13.1 Å². The van der Waals surface area contributed by atoms with Gasteiger partial charge in [-0.05, 0) is 69.1 Å². The zero-order valence-electron chi connectivity index (χ0n) is 13.7. The summed E-state index contributed by atoms with van der Waals surface area (Å²) in [4.78, 5) is 14.5. The van der Waals surface area contributed by atoms with E-state index >= 15 is 0 Å². The lowest BCUT2D eigenvalue weighted by Gasteiger charge is -2.18. The number of fused-ring (bicyclic) bond motifs is 1. The fraction of sp³-hybridized carbons (Fsp3) is 0.562. The van der Waals surface area contributed by atoms with Crippen molar-refractivity contribution in [1.82, 2.24) is 10.0 Å². The van der Waals surface area contributed by atoms with E-state index in [1.165, 1.54) is 7.05 Å². The Hall–Kier alpha value is -1.15. The molecular formula is C16H24ClN3O3S. The Morgan fingerprint density at radius 1 is 1.42 bits per heavy atom. The van der Waals surface area contributed by atoms with E-state index in [0.29, 0.717) is 25.3 Å². The van der Waals surface area contributed by atoms with Crippen LogP contribution in [0.3, 0.4) is 0 Å². The van der Waals surface area contributed by atoms with Crippen LogP contribution >= 0.6 is 12.4 Å². The molecule has 0 saturated carbocycles. The predicted molar refractivity (Wildman–Crippen MR) is 96.2 cm³/mol. The second-order valence-corrected chi connectivity index (χ2v) is 8.08. The van der Waals surface area contributed by atoms with E-state index in [-0.39, 0.29) is 23.2 Å². The monoisotopic (exact) mass is 373 g/mol. The van der Waals surface area contributed by atoms with Crippen LogP contribution in [0.1, 0.15) is 24.8 Å². The van der Waals surface area contributed by atoms with Crippen molar-refractivity contribution < 1.29 is 13.2 Å². The van der Waals surface area contributed by atoms with Crippen LogP contribution in [-0.4, -0.2) is 41.0 Å². The van der Waals surface area contributed by atoms with Crippen LogP contribution < -0.4 is 14.9 Å². The molecule has 0 bridgehead atoms. The maximum absolute atomic E-state index is 12.5. The number of amides is 1. The first-order chi connectivity index (χ1) is 11.0. The van der Waals surface area contributed by atoms with Gasteiger partial charge in [0.25, 0.3) is 0 Å². The number of anilines is 1. The fourth-order valence-corrected chi connectivity index (χ4v) is 4.13. The highest BCUT2D eigenvalue weighted by molar-refractivity contribution is 7.89. The van der Waals surface area contributed by atoms with Gasteiger partial charge in [0.2, 0.25) is 15.9 Å². The number of carbonyl (C=O) groups excluding carboxylic acids is 1. The summed E-state index contributed by atoms with van der Waals surface area (Å²) in [6.45, 7) is 2.70. The topological polar surface area (TPSA) is 78.5 Å². The Kier molecular flexibility index (Phi) is 6.25. The molecule has 1 atom stereocenters. The summed E-state index contributed by atoms with van der Waals surface area (Å²) < 4.78 is 26.1. The first kappa shape index (κ1) is 19.2. The van der Waals surface area contributed by atoms with Crippen molar-refractivity contribution in [2.24, 2.45) is 5.92 Å². The molecule has 134 valence electrons. The summed E-state index contributed by atoms with van der Waals surface area (Å²) in [5.74, 6) is 0.740. The second-order valence-electron chi connectivity index (χ2n) is 6.19. The third kappa shape index (κ3) is 3.91. The Morgan fingerprint density at radius 3 is 2.88 bits per heavy atom. The molecule has 2 aliphatic heterocycles. The number of rotatable bonds is 5. The van der Waals surface area contributed by atoms with Gasteiger partial charge >= 0.3 is 0 Å². The maximum Gasteiger partial charge on any atom is 0.240 e. The molecule has 0 aliphatic carbocycles. The average Bonchev–Trinajstić information content (AvgIpc) is 3.21. The Bertz CT molecular complexity index is 703. The Morgan fingerprint density at radius 2 is 2.21 bits per heavy atom. The van der Waals surface area contributed by atoms with Gasteiger partial charge < -0.3 is 10.2 Å². The SMILES string of the molecule is CNS(=O)(=O)c1ccc2c(c1)CCN2C(=O)CCC1CCNC1.Cl. The van der Waals surface area contributed by atoms with Gasteiger partial charge in [-0.1, -0.05) is 0 Å². The predicted octanol–water partition coefficient (Wildman–Crippen LogP) is 1.30. The van der Waals surface area contributed by atoms with Crippen LogP contribution in [-0.2, 0) is 21.2 Å². The summed E-state index contributed by atoms with van der Waals surface area (Å²) >= 11 is 0. The van der Waals surface area contributed by atoms with E-state index in [4.69, 9.17) is 0 Å². The first-order valence-corrected chi connectivity index (χ1v) is 9.57. The zero-order valence-corrected chi connectivity index (χ0v) is 15.4. The third-order valence-corrected chi connectivity index (χ3v) is 6.17. The molecule has 0 aromatic heterocycles. The number of nitrogens with zero attached hydrogens (tertiary/aromatic N) is 1. The lowest BCUT2D eigenvalue weighted by Crippen LogP contribution is -2.29. The quantitative estimate of drug-likeness (QED) is 0.815. The number of benzene rings is 1. The average molecular weight is 374 g/mol. The van der Waals surface area contributed by atoms with Gasteiger partial charge in [0.15, 0.2) is 0 Å². The molecule has 0 spiro atoms. The number of hydrogen-bond donors (Lipinski definition) is 2. The Balaban J connectivity index is 0.00000208. The zero-order chi connectivity index (χ0) is 16.4. The van der Waals surface area contributed by atoms with Crippen LogP contribution in [0.15, 0.2) is 23.1 Å². The van der Waals surface area contributed by atoms with E-state index in [1.54, 1.807) is 23.1 Å². The molecule has 1 aromatic carbocycles. The number of carbonyl (C=O) groups is 1. The molecule has 1 saturated heterocycles. The molecule has 2 N–H and O–H groups in total. The van der Waals surface area contributed by atoms with E-state index in [0.717, 1.165) is 37.2 Å². The molecule has 24 heavy (non-hydrogen) atoms. The highest BCUT2D eigenvalue weighted by atomic mass is 35.5. The normalized spacial score (nSPS) is 19.9. The maximum atomic E-state index is 12.5. The van der Waals surface area contributed by atoms with Crippen LogP contribution in [0.2, 0.25) is 0 Å². The third-order valence-electron chi connectivity index (χ3n) is 4.76. The van der Waals surface area contributed by atoms with Crippen LogP contribution in [0.4, 0.5) is 5.69 Å². The smallest absolute Gasteiger partial charge is 0.240 e. The van der Waals surface area contributed by atoms with Crippen molar-refractivity contribution in [3.8, 4) is 0 Å². The Labute approximate surface area is 149 Å². The lowest BCUT2D eigenvalue weighted by atomic mass is 10.0. The van der Waals surface area contributed by atoms with Gasteiger partial charge in [-0.3, -0.25) is 4.79 Å². The molecular weight excluding hydrogens is 350 g/mol. The molecule has 3 rings (SSSR count). The van der Waals surface area contributed by atoms with E-state index in [2.05, 4.69) is 10.0 Å². The number of nitrogens with one attached hydrogen (secondary N) is 2. The van der Waals surface area contributed by atoms with Crippen molar-refractivity contribution in [3.63, 3.8) is 0 Å². The van der Waals surface area contributed by atoms with Gasteiger partial charge in [0.05, 0.1) is 4.90 Å². The number of hydrogen-bond acceptors (Lipinski definition) is 4. The van der Waals surface area contributed by atoms with Crippen molar-refractivity contribution in [2.45, 2.75) is 30.6 Å². The van der Waals surface area contributed by atoms with Crippen molar-refractivity contribution in [2.75, 3.05) is 31.6 Å². The van der Waals surface area contributed by atoms with Gasteiger partial charge in [0, 0.05) is 18.7 Å². The van der Waals surface area contributed by atoms with Crippen LogP contribution in [0, 0.1) is 5.92 Å². The van der Waals surface area contributed by atoms with Gasteiger partial charge in [-0.2, -0.15) is 0 Å². The summed E-state index contributed by atoms with van der Waals surface area (Å²) in [7, 11) is -2.04. The molecule has 2 heterocycles. The number of halogens is 1. The summed E-state index contributed by atoms with van der Waals surface area (Å²) in [5, 5.41) is 3.32. The first-order valence-electron chi connectivity index (χ1n) is 8.09. The van der Waals surface area contributed by atoms with Crippen molar-refractivity contribution in [1.29, 1.82) is 0 Å². The highest BCUT2D eigenvalue weighted by Gasteiger charge is 2.27. The summed E-state index contributed by atoms with van der Waals surface area (Å²) in [5.41, 5.74) is 1.78. The van der Waals surface area contributed by atoms with E-state index in [1.807, 2.05) is 0 Å². The molecule has 1 aromatic rings. The minimum absolute atomic E-state index is 0. The second kappa shape index (κ2) is 7.82. The summed E-state index contributed by atoms with van der Waals surface area (Å²) in [6.07, 6.45) is 3.33. The van der Waals surface area contributed by atoms with Gasteiger partial charge in [-0.15, -0.1) is 12.4 Å². The van der Waals surface area contributed by atoms with E-state index < -0.39 is 10.0 Å². The standard InChI is InChI=1S/C16H23N3O3S.ClH/c1-17-23(21,22)14-3-4-15-13(10-14)7-9-19(15)16(20)5-2-12-6-8-18-11-12;/h3-4,10,12,17-18H,2,5-9,11H2,1H3;1H. The summed E-state index contributed by atoms with van der Waals surface area (Å²) in [6, 6.07) is 4.99. The molecule has 2 aliphatic rings. The van der Waals surface area contributed by atoms with E-state index in [9.17, 15) is 13.2 Å². The van der Waals surface area contributed by atoms with Crippen molar-refractivity contribution in [3.05, 3.63) is 23.8 Å². The van der Waals surface area contributed by atoms with Gasteiger partial charge in [0.1, 0.15) is 0 Å². The van der Waals surface area contributed by atoms with Crippen LogP contribution in [0.25, 0.3) is 0 Å². The molecule has 6 nitrogen and oxygen atoms in total. The van der Waals surface area contributed by atoms with Crippen molar-refractivity contribution >= 4 is 34.0 Å². The lowest BCUT2D eigenvalue weighted by molar-refractivity contribution is -0.118. The highest BCUT2D eigenvalue weighted by Crippen LogP contribution is 2.31.